The molecule has 1 atom stereocenters. The van der Waals surface area contributed by atoms with Crippen molar-refractivity contribution in [2.45, 2.75) is 38.3 Å². The Morgan fingerprint density at radius 1 is 1.28 bits per heavy atom. The third-order valence-electron chi connectivity index (χ3n) is 3.71. The van der Waals surface area contributed by atoms with Gasteiger partial charge in [-0.3, -0.25) is 4.57 Å². The van der Waals surface area contributed by atoms with Crippen LogP contribution in [0.15, 0.2) is 23.1 Å². The number of rotatable bonds is 7. The first-order valence-corrected chi connectivity index (χ1v) is 9.42. The lowest BCUT2D eigenvalue weighted by Crippen LogP contribution is -2.29. The molecule has 136 valence electrons. The lowest BCUT2D eigenvalue weighted by molar-refractivity contribution is 0.174. The average Bonchev–Trinajstić information content (AvgIpc) is 3.20. The quantitative estimate of drug-likeness (QED) is 0.789. The third kappa shape index (κ3) is 3.40. The highest BCUT2D eigenvalue weighted by molar-refractivity contribution is 7.89. The van der Waals surface area contributed by atoms with Gasteiger partial charge in [0.1, 0.15) is 0 Å². The van der Waals surface area contributed by atoms with E-state index in [1.54, 1.807) is 17.6 Å². The van der Waals surface area contributed by atoms with Gasteiger partial charge < -0.3 is 14.2 Å². The summed E-state index contributed by atoms with van der Waals surface area (Å²) < 4.78 is 45.5. The van der Waals surface area contributed by atoms with Crippen LogP contribution in [0.2, 0.25) is 0 Å². The molecule has 1 aliphatic heterocycles. The van der Waals surface area contributed by atoms with Gasteiger partial charge >= 0.3 is 6.01 Å². The first-order chi connectivity index (χ1) is 12.0. The third-order valence-corrected chi connectivity index (χ3v) is 5.25. The summed E-state index contributed by atoms with van der Waals surface area (Å²) >= 11 is 0. The number of nitrogens with zero attached hydrogens (tertiary/aromatic N) is 3. The molecule has 0 saturated heterocycles. The molecule has 3 rings (SSSR count). The van der Waals surface area contributed by atoms with E-state index < -0.39 is 16.1 Å². The first-order valence-electron chi connectivity index (χ1n) is 7.94. The van der Waals surface area contributed by atoms with E-state index in [-0.39, 0.29) is 11.7 Å². The highest BCUT2D eigenvalue weighted by Gasteiger charge is 2.25. The second-order valence-electron chi connectivity index (χ2n) is 5.38. The molecule has 0 unspecified atom stereocenters. The molecule has 1 aromatic carbocycles. The molecule has 25 heavy (non-hydrogen) atoms. The molecule has 0 amide bonds. The van der Waals surface area contributed by atoms with E-state index in [0.29, 0.717) is 36.5 Å². The molecule has 9 nitrogen and oxygen atoms in total. The number of ether oxygens (including phenoxy) is 3. The lowest BCUT2D eigenvalue weighted by Gasteiger charge is -2.15. The van der Waals surface area contributed by atoms with Gasteiger partial charge in [0.2, 0.25) is 16.8 Å². The zero-order valence-electron chi connectivity index (χ0n) is 14.2. The van der Waals surface area contributed by atoms with Crippen LogP contribution < -0.4 is 18.9 Å². The van der Waals surface area contributed by atoms with Crippen molar-refractivity contribution in [3.05, 3.63) is 24.0 Å². The van der Waals surface area contributed by atoms with E-state index >= 15 is 0 Å². The first kappa shape index (κ1) is 17.5. The van der Waals surface area contributed by atoms with Crippen molar-refractivity contribution < 1.29 is 22.6 Å². The number of hydrogen-bond donors (Lipinski definition) is 1. The van der Waals surface area contributed by atoms with Crippen molar-refractivity contribution in [2.24, 2.45) is 0 Å². The van der Waals surface area contributed by atoms with Crippen LogP contribution in [-0.2, 0) is 16.6 Å². The maximum absolute atomic E-state index is 12.7. The highest BCUT2D eigenvalue weighted by atomic mass is 32.2. The van der Waals surface area contributed by atoms with Gasteiger partial charge in [0.05, 0.1) is 17.5 Å². The van der Waals surface area contributed by atoms with Crippen LogP contribution in [0.3, 0.4) is 0 Å². The summed E-state index contributed by atoms with van der Waals surface area (Å²) in [7, 11) is -3.76. The van der Waals surface area contributed by atoms with Crippen molar-refractivity contribution in [2.75, 3.05) is 13.4 Å². The Morgan fingerprint density at radius 2 is 2.04 bits per heavy atom. The number of aromatic nitrogens is 3. The molecule has 1 N–H and O–H groups in total. The minimum atomic E-state index is -3.76. The molecular weight excluding hydrogens is 348 g/mol. The van der Waals surface area contributed by atoms with Crippen LogP contribution >= 0.6 is 0 Å². The number of sulfonamides is 1. The zero-order chi connectivity index (χ0) is 18.0. The molecule has 0 spiro atoms. The maximum atomic E-state index is 12.7. The SMILES string of the molecule is CCOc1nnc([C@@H](C)NS(=O)(=O)c2ccc3c(c2)OCO3)n1CC. The van der Waals surface area contributed by atoms with Gasteiger partial charge in [-0.1, -0.05) is 5.10 Å². The molecule has 1 aliphatic rings. The molecule has 0 bridgehead atoms. The van der Waals surface area contributed by atoms with Crippen molar-refractivity contribution in [1.82, 2.24) is 19.5 Å². The van der Waals surface area contributed by atoms with Gasteiger partial charge in [-0.05, 0) is 32.9 Å². The fraction of sp³-hybridized carbons (Fsp3) is 0.467. The van der Waals surface area contributed by atoms with Crippen LogP contribution in [0, 0.1) is 0 Å². The van der Waals surface area contributed by atoms with E-state index in [9.17, 15) is 8.42 Å². The second kappa shape index (κ2) is 6.89. The van der Waals surface area contributed by atoms with E-state index in [1.165, 1.54) is 12.1 Å². The topological polar surface area (TPSA) is 105 Å². The summed E-state index contributed by atoms with van der Waals surface area (Å²) in [5.74, 6) is 1.42. The fourth-order valence-electron chi connectivity index (χ4n) is 2.55. The predicted octanol–water partition coefficient (Wildman–Crippen LogP) is 1.46. The lowest BCUT2D eigenvalue weighted by atomic mass is 10.3. The molecule has 0 fully saturated rings. The normalized spacial score (nSPS) is 14.5. The fourth-order valence-corrected chi connectivity index (χ4v) is 3.77. The number of fused-ring (bicyclic) bond motifs is 1. The summed E-state index contributed by atoms with van der Waals surface area (Å²) in [6.45, 7) is 6.57. The summed E-state index contributed by atoms with van der Waals surface area (Å²) in [5, 5.41) is 8.02. The van der Waals surface area contributed by atoms with E-state index in [0.717, 1.165) is 0 Å². The van der Waals surface area contributed by atoms with Crippen LogP contribution in [0.25, 0.3) is 0 Å². The van der Waals surface area contributed by atoms with Gasteiger partial charge in [-0.15, -0.1) is 5.10 Å². The van der Waals surface area contributed by atoms with Crippen LogP contribution in [0.5, 0.6) is 17.5 Å². The van der Waals surface area contributed by atoms with Crippen molar-refractivity contribution in [1.29, 1.82) is 0 Å². The average molecular weight is 368 g/mol. The van der Waals surface area contributed by atoms with Gasteiger partial charge in [-0.25, -0.2) is 13.1 Å². The molecule has 2 aromatic rings. The minimum absolute atomic E-state index is 0.0858. The maximum Gasteiger partial charge on any atom is 0.316 e. The van der Waals surface area contributed by atoms with Crippen molar-refractivity contribution in [3.63, 3.8) is 0 Å². The summed E-state index contributed by atoms with van der Waals surface area (Å²) in [4.78, 5) is 0.0937. The van der Waals surface area contributed by atoms with Crippen molar-refractivity contribution in [3.8, 4) is 17.5 Å². The molecule has 10 heteroatoms. The summed E-state index contributed by atoms with van der Waals surface area (Å²) in [5.41, 5.74) is 0. The Bertz CT molecular complexity index is 865. The number of nitrogens with one attached hydrogen (secondary N) is 1. The molecular formula is C15H20N4O5S. The second-order valence-corrected chi connectivity index (χ2v) is 7.09. The van der Waals surface area contributed by atoms with Gasteiger partial charge in [-0.2, -0.15) is 0 Å². The molecule has 2 heterocycles. The Labute approximate surface area is 146 Å². The van der Waals surface area contributed by atoms with E-state index in [4.69, 9.17) is 14.2 Å². The Balaban J connectivity index is 1.83. The molecule has 0 radical (unpaired) electrons. The van der Waals surface area contributed by atoms with Crippen LogP contribution in [-0.4, -0.2) is 36.6 Å². The van der Waals surface area contributed by atoms with Crippen LogP contribution in [0.4, 0.5) is 0 Å². The summed E-state index contributed by atoms with van der Waals surface area (Å²) in [6, 6.07) is 4.27. The highest BCUT2D eigenvalue weighted by Crippen LogP contribution is 2.34. The Hall–Kier alpha value is -2.33. The molecule has 0 saturated carbocycles. The van der Waals surface area contributed by atoms with Gasteiger partial charge in [0.25, 0.3) is 0 Å². The van der Waals surface area contributed by atoms with Crippen LogP contribution in [0.1, 0.15) is 32.6 Å². The molecule has 1 aromatic heterocycles. The number of benzene rings is 1. The monoisotopic (exact) mass is 368 g/mol. The largest absolute Gasteiger partial charge is 0.464 e. The summed E-state index contributed by atoms with van der Waals surface area (Å²) in [6.07, 6.45) is 0. The van der Waals surface area contributed by atoms with Crippen molar-refractivity contribution >= 4 is 10.0 Å². The van der Waals surface area contributed by atoms with E-state index in [2.05, 4.69) is 14.9 Å². The van der Waals surface area contributed by atoms with Gasteiger partial charge in [0.15, 0.2) is 17.3 Å². The molecule has 0 aliphatic carbocycles. The van der Waals surface area contributed by atoms with E-state index in [1.807, 2.05) is 13.8 Å². The Morgan fingerprint density at radius 3 is 2.76 bits per heavy atom. The smallest absolute Gasteiger partial charge is 0.316 e. The standard InChI is InChI=1S/C15H20N4O5S/c1-4-19-14(16-17-15(19)22-5-2)10(3)18-25(20,21)11-6-7-12-13(8-11)24-9-23-12/h6-8,10,18H,4-5,9H2,1-3H3/t10-/m1/s1. The predicted molar refractivity (Wildman–Crippen MR) is 88.2 cm³/mol. The minimum Gasteiger partial charge on any atom is -0.464 e. The number of hydrogen-bond acceptors (Lipinski definition) is 7. The Kier molecular flexibility index (Phi) is 4.82. The van der Waals surface area contributed by atoms with Gasteiger partial charge in [0, 0.05) is 12.6 Å². The zero-order valence-corrected chi connectivity index (χ0v) is 15.0.